The second-order valence-electron chi connectivity index (χ2n) is 5.86. The van der Waals surface area contributed by atoms with E-state index in [1.165, 1.54) is 0 Å². The van der Waals surface area contributed by atoms with Crippen molar-refractivity contribution in [2.24, 2.45) is 11.3 Å². The molecule has 2 atom stereocenters. The molecule has 1 aromatic carbocycles. The first kappa shape index (κ1) is 13.0. The molecule has 100 valence electrons. The van der Waals surface area contributed by atoms with Crippen LogP contribution in [0.5, 0.6) is 0 Å². The Hall–Kier alpha value is -0.960. The predicted octanol–water partition coefficient (Wildman–Crippen LogP) is 3.95. The Morgan fingerprint density at radius 1 is 1.37 bits per heavy atom. The third kappa shape index (κ3) is 1.99. The van der Waals surface area contributed by atoms with Gasteiger partial charge in [0.2, 0.25) is 0 Å². The molecule has 1 fully saturated rings. The SMILES string of the molecule is CC[C@H]1C[C@@]2(CCC1=O)Cc1ccc(Br)cc1C2=O. The van der Waals surface area contributed by atoms with Gasteiger partial charge in [0.25, 0.3) is 0 Å². The molecule has 0 unspecified atom stereocenters. The van der Waals surface area contributed by atoms with Crippen molar-refractivity contribution in [1.82, 2.24) is 0 Å². The van der Waals surface area contributed by atoms with Gasteiger partial charge in [-0.1, -0.05) is 28.9 Å². The topological polar surface area (TPSA) is 34.1 Å². The molecule has 19 heavy (non-hydrogen) atoms. The molecule has 3 rings (SSSR count). The van der Waals surface area contributed by atoms with Gasteiger partial charge >= 0.3 is 0 Å². The van der Waals surface area contributed by atoms with Gasteiger partial charge in [-0.3, -0.25) is 9.59 Å². The van der Waals surface area contributed by atoms with Gasteiger partial charge in [0.1, 0.15) is 5.78 Å². The second kappa shape index (κ2) is 4.55. The van der Waals surface area contributed by atoms with Gasteiger partial charge in [-0.25, -0.2) is 0 Å². The van der Waals surface area contributed by atoms with E-state index in [0.29, 0.717) is 12.2 Å². The Kier molecular flexibility index (Phi) is 3.12. The summed E-state index contributed by atoms with van der Waals surface area (Å²) in [7, 11) is 0. The number of hydrogen-bond acceptors (Lipinski definition) is 2. The number of rotatable bonds is 1. The van der Waals surface area contributed by atoms with Crippen LogP contribution < -0.4 is 0 Å². The average molecular weight is 321 g/mol. The minimum atomic E-state index is -0.294. The predicted molar refractivity (Wildman–Crippen MR) is 77.2 cm³/mol. The zero-order chi connectivity index (χ0) is 13.6. The summed E-state index contributed by atoms with van der Waals surface area (Å²) in [5.74, 6) is 0.684. The quantitative estimate of drug-likeness (QED) is 0.785. The summed E-state index contributed by atoms with van der Waals surface area (Å²) in [6.45, 7) is 2.05. The van der Waals surface area contributed by atoms with Crippen LogP contribution in [0.2, 0.25) is 0 Å². The summed E-state index contributed by atoms with van der Waals surface area (Å²) in [4.78, 5) is 24.6. The van der Waals surface area contributed by atoms with Crippen molar-refractivity contribution >= 4 is 27.5 Å². The van der Waals surface area contributed by atoms with Crippen LogP contribution in [0.15, 0.2) is 22.7 Å². The first-order valence-electron chi connectivity index (χ1n) is 6.92. The second-order valence-corrected chi connectivity index (χ2v) is 6.78. The fraction of sp³-hybridized carbons (Fsp3) is 0.500. The summed E-state index contributed by atoms with van der Waals surface area (Å²) < 4.78 is 0.954. The third-order valence-corrected chi connectivity index (χ3v) is 5.26. The van der Waals surface area contributed by atoms with Crippen LogP contribution in [0.1, 0.15) is 48.5 Å². The molecule has 0 radical (unpaired) electrons. The molecule has 1 spiro atoms. The molecule has 1 saturated carbocycles. The molecule has 1 aromatic rings. The summed E-state index contributed by atoms with van der Waals surface area (Å²) in [6, 6.07) is 5.98. The Morgan fingerprint density at radius 3 is 2.89 bits per heavy atom. The number of halogens is 1. The van der Waals surface area contributed by atoms with Crippen LogP contribution in [-0.4, -0.2) is 11.6 Å². The largest absolute Gasteiger partial charge is 0.299 e. The van der Waals surface area contributed by atoms with Gasteiger partial charge in [0.05, 0.1) is 0 Å². The Balaban J connectivity index is 1.96. The standard InChI is InChI=1S/C16H17BrO2/c1-2-10-8-16(6-5-14(10)18)9-11-3-4-12(17)7-13(11)15(16)19/h3-4,7,10H,2,5-6,8-9H2,1H3/t10-,16-/m0/s1. The molecule has 0 N–H and O–H groups in total. The highest BCUT2D eigenvalue weighted by atomic mass is 79.9. The van der Waals surface area contributed by atoms with Gasteiger partial charge in [-0.15, -0.1) is 0 Å². The van der Waals surface area contributed by atoms with Crippen LogP contribution in [-0.2, 0) is 11.2 Å². The van der Waals surface area contributed by atoms with Gasteiger partial charge < -0.3 is 0 Å². The van der Waals surface area contributed by atoms with Crippen LogP contribution in [0.25, 0.3) is 0 Å². The monoisotopic (exact) mass is 320 g/mol. The minimum absolute atomic E-state index is 0.0791. The molecule has 0 bridgehead atoms. The Bertz CT molecular complexity index is 564. The van der Waals surface area contributed by atoms with E-state index in [1.54, 1.807) is 0 Å². The summed E-state index contributed by atoms with van der Waals surface area (Å²) >= 11 is 3.43. The van der Waals surface area contributed by atoms with Gasteiger partial charge in [0.15, 0.2) is 5.78 Å². The van der Waals surface area contributed by atoms with Crippen molar-refractivity contribution in [3.63, 3.8) is 0 Å². The number of Topliss-reactive ketones (excluding diaryl/α,β-unsaturated/α-hetero) is 2. The summed E-state index contributed by atoms with van der Waals surface area (Å²) in [5.41, 5.74) is 1.72. The molecule has 2 aliphatic rings. The van der Waals surface area contributed by atoms with Crippen molar-refractivity contribution in [2.45, 2.75) is 39.0 Å². The van der Waals surface area contributed by atoms with E-state index in [1.807, 2.05) is 25.1 Å². The van der Waals surface area contributed by atoms with Gasteiger partial charge in [-0.2, -0.15) is 0 Å². The highest BCUT2D eigenvalue weighted by Gasteiger charge is 2.49. The third-order valence-electron chi connectivity index (χ3n) is 4.76. The van der Waals surface area contributed by atoms with E-state index >= 15 is 0 Å². The number of carbonyl (C=O) groups excluding carboxylic acids is 2. The zero-order valence-corrected chi connectivity index (χ0v) is 12.6. The van der Waals surface area contributed by atoms with E-state index in [9.17, 15) is 9.59 Å². The Morgan fingerprint density at radius 2 is 2.16 bits per heavy atom. The lowest BCUT2D eigenvalue weighted by Gasteiger charge is -2.35. The van der Waals surface area contributed by atoms with E-state index < -0.39 is 0 Å². The molecule has 0 aliphatic heterocycles. The fourth-order valence-electron chi connectivity index (χ4n) is 3.64. The molecule has 0 heterocycles. The van der Waals surface area contributed by atoms with Crippen molar-refractivity contribution in [3.8, 4) is 0 Å². The average Bonchev–Trinajstić information content (AvgIpc) is 2.67. The van der Waals surface area contributed by atoms with Crippen LogP contribution >= 0.6 is 15.9 Å². The van der Waals surface area contributed by atoms with Crippen molar-refractivity contribution in [3.05, 3.63) is 33.8 Å². The van der Waals surface area contributed by atoms with E-state index in [0.717, 1.165) is 41.3 Å². The van der Waals surface area contributed by atoms with Crippen LogP contribution in [0, 0.1) is 11.3 Å². The molecular formula is C16H17BrO2. The zero-order valence-electron chi connectivity index (χ0n) is 11.0. The maximum atomic E-state index is 12.8. The highest BCUT2D eigenvalue weighted by Crippen LogP contribution is 2.48. The van der Waals surface area contributed by atoms with E-state index in [4.69, 9.17) is 0 Å². The smallest absolute Gasteiger partial charge is 0.169 e. The summed E-state index contributed by atoms with van der Waals surface area (Å²) in [6.07, 6.45) is 3.71. The molecule has 0 amide bonds. The first-order valence-corrected chi connectivity index (χ1v) is 7.71. The van der Waals surface area contributed by atoms with E-state index in [2.05, 4.69) is 15.9 Å². The molecule has 2 aliphatic carbocycles. The first-order chi connectivity index (χ1) is 9.05. The van der Waals surface area contributed by atoms with Crippen LogP contribution in [0.4, 0.5) is 0 Å². The lowest BCUT2D eigenvalue weighted by atomic mass is 9.66. The minimum Gasteiger partial charge on any atom is -0.299 e. The highest BCUT2D eigenvalue weighted by molar-refractivity contribution is 9.10. The molecular weight excluding hydrogens is 304 g/mol. The maximum absolute atomic E-state index is 12.8. The molecule has 0 saturated heterocycles. The fourth-order valence-corrected chi connectivity index (χ4v) is 4.00. The van der Waals surface area contributed by atoms with Gasteiger partial charge in [0, 0.05) is 27.8 Å². The lowest BCUT2D eigenvalue weighted by Crippen LogP contribution is -2.38. The van der Waals surface area contributed by atoms with Crippen molar-refractivity contribution < 1.29 is 9.59 Å². The van der Waals surface area contributed by atoms with Crippen molar-refractivity contribution in [1.29, 1.82) is 0 Å². The number of fused-ring (bicyclic) bond motifs is 1. The Labute approximate surface area is 121 Å². The number of ketones is 2. The molecule has 2 nitrogen and oxygen atoms in total. The number of benzene rings is 1. The van der Waals surface area contributed by atoms with Gasteiger partial charge in [-0.05, 0) is 43.4 Å². The summed E-state index contributed by atoms with van der Waals surface area (Å²) in [5, 5.41) is 0. The lowest BCUT2D eigenvalue weighted by molar-refractivity contribution is -0.126. The van der Waals surface area contributed by atoms with Crippen molar-refractivity contribution in [2.75, 3.05) is 0 Å². The molecule has 3 heteroatoms. The normalized spacial score (nSPS) is 29.9. The van der Waals surface area contributed by atoms with Crippen LogP contribution in [0.3, 0.4) is 0 Å². The van der Waals surface area contributed by atoms with E-state index in [-0.39, 0.29) is 17.1 Å². The number of hydrogen-bond donors (Lipinski definition) is 0. The maximum Gasteiger partial charge on any atom is 0.169 e. The number of carbonyl (C=O) groups is 2. The molecule has 0 aromatic heterocycles.